The minimum atomic E-state index is -1.09. The van der Waals surface area contributed by atoms with Crippen LogP contribution in [0.15, 0.2) is 60.2 Å². The molecule has 0 radical (unpaired) electrons. The summed E-state index contributed by atoms with van der Waals surface area (Å²) in [7, 11) is 1.38. The smallest absolute Gasteiger partial charge is 0.300 e. The number of halogens is 3. The summed E-state index contributed by atoms with van der Waals surface area (Å²) in [4.78, 5) is 27.7. The zero-order valence-electron chi connectivity index (χ0n) is 18.0. The fraction of sp³-hybridized carbons (Fsp3) is 0.120. The number of anilines is 1. The van der Waals surface area contributed by atoms with Crippen LogP contribution in [-0.2, 0) is 9.59 Å². The van der Waals surface area contributed by atoms with E-state index in [0.717, 1.165) is 0 Å². The van der Waals surface area contributed by atoms with E-state index < -0.39 is 23.5 Å². The molecule has 1 saturated heterocycles. The topological polar surface area (TPSA) is 87.1 Å². The monoisotopic (exact) mass is 517 g/mol. The highest BCUT2D eigenvalue weighted by atomic mass is 35.5. The molecule has 4 rings (SSSR count). The molecule has 174 valence electrons. The number of hydrogen-bond acceptors (Lipinski definition) is 5. The Bertz CT molecular complexity index is 1350. The Morgan fingerprint density at radius 2 is 1.68 bits per heavy atom. The van der Waals surface area contributed by atoms with Crippen LogP contribution in [-0.4, -0.2) is 29.0 Å². The first-order valence-electron chi connectivity index (χ1n) is 10.0. The molecule has 1 unspecified atom stereocenters. The first-order chi connectivity index (χ1) is 16.1. The Kier molecular flexibility index (Phi) is 6.49. The van der Waals surface area contributed by atoms with E-state index in [0.29, 0.717) is 11.1 Å². The zero-order chi connectivity index (χ0) is 24.7. The molecule has 6 nitrogen and oxygen atoms in total. The standard InChI is InChI=1S/C25H18Cl3NO5/c1-12-6-18(24(34-2)19(28)7-12)22(31)20-21(13-4-3-5-17(30)8-13)29(25(33)23(20)32)16-10-14(26)9-15(27)11-16/h3-11,21,30-31H,1-2H3/b22-20+. The lowest BCUT2D eigenvalue weighted by molar-refractivity contribution is -0.132. The molecule has 34 heavy (non-hydrogen) atoms. The number of nitrogens with zero attached hydrogens (tertiary/aromatic N) is 1. The number of phenols is 1. The molecule has 0 saturated carbocycles. The number of aliphatic hydroxyl groups is 1. The maximum absolute atomic E-state index is 13.3. The molecule has 1 heterocycles. The van der Waals surface area contributed by atoms with Crippen LogP contribution in [0, 0.1) is 6.92 Å². The highest BCUT2D eigenvalue weighted by Crippen LogP contribution is 2.45. The van der Waals surface area contributed by atoms with Crippen LogP contribution in [0.1, 0.15) is 22.7 Å². The molecule has 1 fully saturated rings. The van der Waals surface area contributed by atoms with Gasteiger partial charge in [-0.1, -0.05) is 46.9 Å². The highest BCUT2D eigenvalue weighted by Gasteiger charge is 2.47. The van der Waals surface area contributed by atoms with Gasteiger partial charge in [0.1, 0.15) is 17.3 Å². The number of ether oxygens (including phenoxy) is 1. The zero-order valence-corrected chi connectivity index (χ0v) is 20.2. The van der Waals surface area contributed by atoms with E-state index in [9.17, 15) is 19.8 Å². The van der Waals surface area contributed by atoms with Crippen molar-refractivity contribution in [1.29, 1.82) is 0 Å². The van der Waals surface area contributed by atoms with E-state index in [1.807, 2.05) is 0 Å². The number of aliphatic hydroxyl groups excluding tert-OH is 1. The molecule has 1 amide bonds. The van der Waals surface area contributed by atoms with Crippen molar-refractivity contribution < 1.29 is 24.5 Å². The number of amides is 1. The summed E-state index contributed by atoms with van der Waals surface area (Å²) < 4.78 is 5.37. The van der Waals surface area contributed by atoms with Crippen molar-refractivity contribution in [3.63, 3.8) is 0 Å². The summed E-state index contributed by atoms with van der Waals surface area (Å²) in [6, 6.07) is 12.7. The summed E-state index contributed by atoms with van der Waals surface area (Å²) in [5, 5.41) is 22.2. The van der Waals surface area contributed by atoms with Crippen molar-refractivity contribution in [2.24, 2.45) is 0 Å². The van der Waals surface area contributed by atoms with Crippen molar-refractivity contribution in [3.8, 4) is 11.5 Å². The second kappa shape index (κ2) is 9.22. The van der Waals surface area contributed by atoms with Gasteiger partial charge >= 0.3 is 0 Å². The first-order valence-corrected chi connectivity index (χ1v) is 11.2. The van der Waals surface area contributed by atoms with Crippen molar-refractivity contribution in [2.75, 3.05) is 12.0 Å². The van der Waals surface area contributed by atoms with Gasteiger partial charge in [0.15, 0.2) is 0 Å². The number of carbonyl (C=O) groups is 2. The normalized spacial score (nSPS) is 17.3. The highest BCUT2D eigenvalue weighted by molar-refractivity contribution is 6.52. The molecule has 2 N–H and O–H groups in total. The third kappa shape index (κ3) is 4.20. The number of aromatic hydroxyl groups is 1. The Morgan fingerprint density at radius 3 is 2.29 bits per heavy atom. The van der Waals surface area contributed by atoms with Crippen LogP contribution in [0.4, 0.5) is 5.69 Å². The molecular formula is C25H18Cl3NO5. The van der Waals surface area contributed by atoms with Crippen molar-refractivity contribution in [2.45, 2.75) is 13.0 Å². The molecule has 0 spiro atoms. The van der Waals surface area contributed by atoms with Crippen LogP contribution < -0.4 is 9.64 Å². The number of rotatable bonds is 4. The largest absolute Gasteiger partial charge is 0.508 e. The lowest BCUT2D eigenvalue weighted by Crippen LogP contribution is -2.29. The van der Waals surface area contributed by atoms with E-state index in [4.69, 9.17) is 39.5 Å². The minimum Gasteiger partial charge on any atom is -0.508 e. The lowest BCUT2D eigenvalue weighted by Gasteiger charge is -2.26. The van der Waals surface area contributed by atoms with Crippen LogP contribution >= 0.6 is 34.8 Å². The van der Waals surface area contributed by atoms with E-state index in [-0.39, 0.29) is 43.4 Å². The lowest BCUT2D eigenvalue weighted by atomic mass is 9.94. The van der Waals surface area contributed by atoms with Gasteiger partial charge in [-0.15, -0.1) is 0 Å². The van der Waals surface area contributed by atoms with Gasteiger partial charge in [0.25, 0.3) is 11.7 Å². The Morgan fingerprint density at radius 1 is 1.00 bits per heavy atom. The predicted octanol–water partition coefficient (Wildman–Crippen LogP) is 6.30. The van der Waals surface area contributed by atoms with Gasteiger partial charge in [0.05, 0.1) is 29.3 Å². The van der Waals surface area contributed by atoms with Crippen LogP contribution in [0.25, 0.3) is 5.76 Å². The average molecular weight is 519 g/mol. The minimum absolute atomic E-state index is 0.0802. The molecule has 9 heteroatoms. The molecule has 3 aromatic carbocycles. The fourth-order valence-corrected chi connectivity index (χ4v) is 4.91. The second-order valence-electron chi connectivity index (χ2n) is 7.72. The molecule has 0 aliphatic carbocycles. The van der Waals surface area contributed by atoms with Gasteiger partial charge in [0.2, 0.25) is 0 Å². The summed E-state index contributed by atoms with van der Waals surface area (Å²) in [6.07, 6.45) is 0. The van der Waals surface area contributed by atoms with Crippen molar-refractivity contribution in [1.82, 2.24) is 0 Å². The third-order valence-corrected chi connectivity index (χ3v) is 6.12. The van der Waals surface area contributed by atoms with E-state index in [2.05, 4.69) is 0 Å². The van der Waals surface area contributed by atoms with Gasteiger partial charge in [0, 0.05) is 15.7 Å². The van der Waals surface area contributed by atoms with E-state index in [1.54, 1.807) is 31.2 Å². The fourth-order valence-electron chi connectivity index (χ4n) is 4.04. The van der Waals surface area contributed by atoms with Crippen molar-refractivity contribution >= 4 is 57.9 Å². The summed E-state index contributed by atoms with van der Waals surface area (Å²) >= 11 is 18.6. The number of aryl methyl sites for hydroxylation is 1. The van der Waals surface area contributed by atoms with E-state index in [1.165, 1.54) is 42.3 Å². The first kappa shape index (κ1) is 24.0. The summed E-state index contributed by atoms with van der Waals surface area (Å²) in [6.45, 7) is 1.77. The summed E-state index contributed by atoms with van der Waals surface area (Å²) in [5.41, 5.74) is 1.29. The number of carbonyl (C=O) groups excluding carboxylic acids is 2. The predicted molar refractivity (Wildman–Crippen MR) is 132 cm³/mol. The molecule has 1 aliphatic rings. The quantitative estimate of drug-likeness (QED) is 0.241. The molecule has 1 atom stereocenters. The summed E-state index contributed by atoms with van der Waals surface area (Å²) in [5.74, 6) is -2.22. The SMILES string of the molecule is COc1c(Cl)cc(C)cc1/C(O)=C1\C(=O)C(=O)N(c2cc(Cl)cc(Cl)c2)C1c1cccc(O)c1. The van der Waals surface area contributed by atoms with Crippen LogP contribution in [0.5, 0.6) is 11.5 Å². The third-order valence-electron chi connectivity index (χ3n) is 5.40. The van der Waals surface area contributed by atoms with Gasteiger partial charge in [-0.25, -0.2) is 0 Å². The number of methoxy groups -OCH3 is 1. The Labute approximate surface area is 210 Å². The number of benzene rings is 3. The number of hydrogen-bond donors (Lipinski definition) is 2. The maximum Gasteiger partial charge on any atom is 0.300 e. The molecule has 0 aromatic heterocycles. The Balaban J connectivity index is 2.04. The average Bonchev–Trinajstić information content (AvgIpc) is 3.03. The van der Waals surface area contributed by atoms with Gasteiger partial charge in [-0.05, 0) is 60.5 Å². The molecule has 0 bridgehead atoms. The second-order valence-corrected chi connectivity index (χ2v) is 9.00. The van der Waals surface area contributed by atoms with Gasteiger partial charge in [-0.2, -0.15) is 0 Å². The Hall–Kier alpha value is -3.19. The number of ketones is 1. The van der Waals surface area contributed by atoms with Crippen LogP contribution in [0.2, 0.25) is 15.1 Å². The van der Waals surface area contributed by atoms with E-state index >= 15 is 0 Å². The van der Waals surface area contributed by atoms with Crippen molar-refractivity contribution in [3.05, 3.63) is 91.9 Å². The maximum atomic E-state index is 13.3. The van der Waals surface area contributed by atoms with Crippen LogP contribution in [0.3, 0.4) is 0 Å². The number of phenolic OH excluding ortho intramolecular Hbond substituents is 1. The van der Waals surface area contributed by atoms with Gasteiger partial charge < -0.3 is 14.9 Å². The number of Topliss-reactive ketones (excluding diaryl/α,β-unsaturated/α-hetero) is 1. The van der Waals surface area contributed by atoms with Gasteiger partial charge in [-0.3, -0.25) is 14.5 Å². The molecular weight excluding hydrogens is 501 g/mol. The molecule has 1 aliphatic heterocycles. The molecule has 3 aromatic rings.